The van der Waals surface area contributed by atoms with E-state index >= 15 is 0 Å². The second kappa shape index (κ2) is 5.86. The van der Waals surface area contributed by atoms with E-state index in [1.54, 1.807) is 0 Å². The average Bonchev–Trinajstić information content (AvgIpc) is 2.32. The molecule has 0 atom stereocenters. The molecule has 0 aliphatic heterocycles. The lowest BCUT2D eigenvalue weighted by Gasteiger charge is -2.22. The molecule has 0 aromatic carbocycles. The van der Waals surface area contributed by atoms with Gasteiger partial charge in [0.15, 0.2) is 0 Å². The number of aromatic nitrogens is 1. The molecule has 0 bridgehead atoms. The molecular weight excluding hydrogens is 184 g/mol. The lowest BCUT2D eigenvalue weighted by molar-refractivity contribution is 0.375. The second-order valence-corrected chi connectivity index (χ2v) is 4.39. The molecule has 2 nitrogen and oxygen atoms in total. The van der Waals surface area contributed by atoms with Gasteiger partial charge in [-0.2, -0.15) is 0 Å². The van der Waals surface area contributed by atoms with Gasteiger partial charge in [0.25, 0.3) is 0 Å². The molecule has 82 valence electrons. The molecule has 1 saturated carbocycles. The number of nitrogens with zero attached hydrogens (tertiary/aromatic N) is 1. The van der Waals surface area contributed by atoms with Crippen LogP contribution < -0.4 is 5.32 Å². The van der Waals surface area contributed by atoms with Crippen LogP contribution in [0.5, 0.6) is 0 Å². The van der Waals surface area contributed by atoms with Crippen molar-refractivity contribution in [2.75, 3.05) is 6.54 Å². The number of hydrogen-bond acceptors (Lipinski definition) is 2. The SMILES string of the molecule is c1cc(CCNC2CCCCC2)ccn1. The highest BCUT2D eigenvalue weighted by Gasteiger charge is 2.11. The molecule has 15 heavy (non-hydrogen) atoms. The van der Waals surface area contributed by atoms with E-state index < -0.39 is 0 Å². The largest absolute Gasteiger partial charge is 0.314 e. The van der Waals surface area contributed by atoms with Crippen molar-refractivity contribution in [2.45, 2.75) is 44.6 Å². The molecule has 0 unspecified atom stereocenters. The van der Waals surface area contributed by atoms with Gasteiger partial charge in [-0.05, 0) is 43.5 Å². The summed E-state index contributed by atoms with van der Waals surface area (Å²) >= 11 is 0. The van der Waals surface area contributed by atoms with Crippen molar-refractivity contribution >= 4 is 0 Å². The van der Waals surface area contributed by atoms with E-state index in [-0.39, 0.29) is 0 Å². The highest BCUT2D eigenvalue weighted by Crippen LogP contribution is 2.17. The fraction of sp³-hybridized carbons (Fsp3) is 0.615. The van der Waals surface area contributed by atoms with E-state index in [1.807, 2.05) is 12.4 Å². The van der Waals surface area contributed by atoms with E-state index in [0.717, 1.165) is 19.0 Å². The maximum atomic E-state index is 4.02. The predicted octanol–water partition coefficient (Wildman–Crippen LogP) is 2.55. The van der Waals surface area contributed by atoms with Crippen LogP contribution >= 0.6 is 0 Å². The number of rotatable bonds is 4. The summed E-state index contributed by atoms with van der Waals surface area (Å²) in [6.07, 6.45) is 11.9. The first kappa shape index (κ1) is 10.6. The van der Waals surface area contributed by atoms with Crippen LogP contribution in [0, 0.1) is 0 Å². The molecular formula is C13H20N2. The summed E-state index contributed by atoms with van der Waals surface area (Å²) < 4.78 is 0. The maximum absolute atomic E-state index is 4.02. The van der Waals surface area contributed by atoms with Gasteiger partial charge < -0.3 is 5.32 Å². The first-order valence-corrected chi connectivity index (χ1v) is 6.07. The molecule has 2 rings (SSSR count). The molecule has 0 spiro atoms. The molecule has 1 aliphatic carbocycles. The summed E-state index contributed by atoms with van der Waals surface area (Å²) in [5.74, 6) is 0. The lowest BCUT2D eigenvalue weighted by Crippen LogP contribution is -2.32. The van der Waals surface area contributed by atoms with Crippen LogP contribution in [0.15, 0.2) is 24.5 Å². The maximum Gasteiger partial charge on any atom is 0.0270 e. The van der Waals surface area contributed by atoms with Gasteiger partial charge in [0, 0.05) is 18.4 Å². The summed E-state index contributed by atoms with van der Waals surface area (Å²) in [6, 6.07) is 4.98. The molecule has 1 N–H and O–H groups in total. The van der Waals surface area contributed by atoms with Gasteiger partial charge in [-0.25, -0.2) is 0 Å². The molecule has 1 aliphatic rings. The fourth-order valence-corrected chi connectivity index (χ4v) is 2.28. The van der Waals surface area contributed by atoms with E-state index in [4.69, 9.17) is 0 Å². The van der Waals surface area contributed by atoms with Crippen LogP contribution in [0.3, 0.4) is 0 Å². The molecule has 1 heterocycles. The Morgan fingerprint density at radius 2 is 1.87 bits per heavy atom. The first-order valence-electron chi connectivity index (χ1n) is 6.07. The number of nitrogens with one attached hydrogen (secondary N) is 1. The van der Waals surface area contributed by atoms with Crippen molar-refractivity contribution in [3.05, 3.63) is 30.1 Å². The van der Waals surface area contributed by atoms with Crippen molar-refractivity contribution in [2.24, 2.45) is 0 Å². The quantitative estimate of drug-likeness (QED) is 0.815. The van der Waals surface area contributed by atoms with E-state index in [2.05, 4.69) is 22.4 Å². The number of pyridine rings is 1. The average molecular weight is 204 g/mol. The normalized spacial score (nSPS) is 17.9. The fourth-order valence-electron chi connectivity index (χ4n) is 2.28. The Bertz CT molecular complexity index is 265. The minimum Gasteiger partial charge on any atom is -0.314 e. The van der Waals surface area contributed by atoms with Crippen LogP contribution in [-0.2, 0) is 6.42 Å². The smallest absolute Gasteiger partial charge is 0.0270 e. The molecule has 1 fully saturated rings. The Balaban J connectivity index is 1.66. The lowest BCUT2D eigenvalue weighted by atomic mass is 9.95. The van der Waals surface area contributed by atoms with Crippen LogP contribution in [0.25, 0.3) is 0 Å². The van der Waals surface area contributed by atoms with Gasteiger partial charge in [-0.15, -0.1) is 0 Å². The Morgan fingerprint density at radius 3 is 2.60 bits per heavy atom. The van der Waals surface area contributed by atoms with Crippen LogP contribution in [0.4, 0.5) is 0 Å². The van der Waals surface area contributed by atoms with Crippen LogP contribution in [-0.4, -0.2) is 17.6 Å². The minimum atomic E-state index is 0.778. The zero-order chi connectivity index (χ0) is 10.3. The second-order valence-electron chi connectivity index (χ2n) is 4.39. The Hall–Kier alpha value is -0.890. The van der Waals surface area contributed by atoms with E-state index in [0.29, 0.717) is 0 Å². The monoisotopic (exact) mass is 204 g/mol. The molecule has 2 heteroatoms. The summed E-state index contributed by atoms with van der Waals surface area (Å²) in [5.41, 5.74) is 1.38. The highest BCUT2D eigenvalue weighted by atomic mass is 14.9. The Labute approximate surface area is 92.1 Å². The topological polar surface area (TPSA) is 24.9 Å². The van der Waals surface area contributed by atoms with Crippen molar-refractivity contribution in [3.63, 3.8) is 0 Å². The van der Waals surface area contributed by atoms with Gasteiger partial charge in [0.1, 0.15) is 0 Å². The van der Waals surface area contributed by atoms with Gasteiger partial charge in [0.2, 0.25) is 0 Å². The predicted molar refractivity (Wildman–Crippen MR) is 62.8 cm³/mol. The van der Waals surface area contributed by atoms with Gasteiger partial charge in [0.05, 0.1) is 0 Å². The van der Waals surface area contributed by atoms with E-state index in [9.17, 15) is 0 Å². The third-order valence-electron chi connectivity index (χ3n) is 3.20. The third kappa shape index (κ3) is 3.63. The molecule has 0 amide bonds. The van der Waals surface area contributed by atoms with Crippen molar-refractivity contribution in [1.82, 2.24) is 10.3 Å². The van der Waals surface area contributed by atoms with Crippen LogP contribution in [0.2, 0.25) is 0 Å². The van der Waals surface area contributed by atoms with Crippen molar-refractivity contribution in [3.8, 4) is 0 Å². The molecule has 1 aromatic rings. The summed E-state index contributed by atoms with van der Waals surface area (Å²) in [6.45, 7) is 1.11. The summed E-state index contributed by atoms with van der Waals surface area (Å²) in [5, 5.41) is 3.65. The van der Waals surface area contributed by atoms with Gasteiger partial charge >= 0.3 is 0 Å². The zero-order valence-corrected chi connectivity index (χ0v) is 9.28. The minimum absolute atomic E-state index is 0.778. The third-order valence-corrected chi connectivity index (χ3v) is 3.20. The van der Waals surface area contributed by atoms with Crippen LogP contribution in [0.1, 0.15) is 37.7 Å². The highest BCUT2D eigenvalue weighted by molar-refractivity contribution is 5.09. The van der Waals surface area contributed by atoms with Gasteiger partial charge in [-0.3, -0.25) is 4.98 Å². The van der Waals surface area contributed by atoms with Gasteiger partial charge in [-0.1, -0.05) is 19.3 Å². The Morgan fingerprint density at radius 1 is 1.13 bits per heavy atom. The summed E-state index contributed by atoms with van der Waals surface area (Å²) in [7, 11) is 0. The number of hydrogen-bond donors (Lipinski definition) is 1. The molecule has 0 radical (unpaired) electrons. The Kier molecular flexibility index (Phi) is 4.15. The van der Waals surface area contributed by atoms with E-state index in [1.165, 1.54) is 37.7 Å². The standard InChI is InChI=1S/C13H20N2/c1-2-4-13(5-3-1)15-11-8-12-6-9-14-10-7-12/h6-7,9-10,13,15H,1-5,8,11H2. The van der Waals surface area contributed by atoms with Crippen molar-refractivity contribution in [1.29, 1.82) is 0 Å². The molecule has 1 aromatic heterocycles. The van der Waals surface area contributed by atoms with Crippen molar-refractivity contribution < 1.29 is 0 Å². The molecule has 0 saturated heterocycles. The summed E-state index contributed by atoms with van der Waals surface area (Å²) in [4.78, 5) is 4.02. The zero-order valence-electron chi connectivity index (χ0n) is 9.28. The first-order chi connectivity index (χ1) is 7.45.